The van der Waals surface area contributed by atoms with Crippen LogP contribution in [0.3, 0.4) is 0 Å². The highest BCUT2D eigenvalue weighted by molar-refractivity contribution is 7.92. The number of thiazole rings is 1. The van der Waals surface area contributed by atoms with Crippen molar-refractivity contribution in [3.63, 3.8) is 0 Å². The van der Waals surface area contributed by atoms with Gasteiger partial charge in [0.1, 0.15) is 16.5 Å². The highest BCUT2D eigenvalue weighted by atomic mass is 35.5. The SMILES string of the molecule is CN(c1cc(F)c(S(=O)(=O)Nc2cscn2)cc1Cl)C1CCN(Cc2cccc(N3CCC3)n2)C1. The summed E-state index contributed by atoms with van der Waals surface area (Å²) in [6.07, 6.45) is 2.09. The van der Waals surface area contributed by atoms with Gasteiger partial charge in [0.2, 0.25) is 0 Å². The van der Waals surface area contributed by atoms with E-state index in [4.69, 9.17) is 16.6 Å². The standard InChI is InChI=1S/C23H26ClFN6O2S2/c1-29(17-6-9-30(13-17)12-16-4-2-5-23(27-16)31-7-3-8-31)20-11-19(25)21(10-18(20)24)35(32,33)28-22-14-34-15-26-22/h2,4-5,10-11,14-15,17,28H,3,6-9,12-13H2,1H3. The molecule has 0 spiro atoms. The number of sulfonamides is 1. The van der Waals surface area contributed by atoms with Crippen LogP contribution in [-0.2, 0) is 16.6 Å². The van der Waals surface area contributed by atoms with E-state index in [9.17, 15) is 12.8 Å². The maximum absolute atomic E-state index is 15.0. The number of aromatic nitrogens is 2. The van der Waals surface area contributed by atoms with E-state index in [0.717, 1.165) is 56.7 Å². The smallest absolute Gasteiger partial charge is 0.266 e. The zero-order chi connectivity index (χ0) is 24.6. The molecule has 4 heterocycles. The van der Waals surface area contributed by atoms with E-state index in [1.165, 1.54) is 34.7 Å². The number of benzene rings is 1. The molecule has 1 atom stereocenters. The van der Waals surface area contributed by atoms with Gasteiger partial charge in [-0.2, -0.15) is 0 Å². The molecule has 5 rings (SSSR count). The molecule has 2 aromatic heterocycles. The summed E-state index contributed by atoms with van der Waals surface area (Å²) in [5, 5.41) is 1.71. The summed E-state index contributed by atoms with van der Waals surface area (Å²) in [4.78, 5) is 14.7. The molecule has 2 fully saturated rings. The largest absolute Gasteiger partial charge is 0.369 e. The van der Waals surface area contributed by atoms with Crippen molar-refractivity contribution in [2.75, 3.05) is 47.7 Å². The summed E-state index contributed by atoms with van der Waals surface area (Å²) in [7, 11) is -2.29. The molecule has 2 saturated heterocycles. The lowest BCUT2D eigenvalue weighted by molar-refractivity contribution is 0.322. The van der Waals surface area contributed by atoms with Crippen molar-refractivity contribution >= 4 is 50.3 Å². The molecule has 186 valence electrons. The van der Waals surface area contributed by atoms with Gasteiger partial charge in [-0.1, -0.05) is 17.7 Å². The molecule has 2 aliphatic rings. The van der Waals surface area contributed by atoms with E-state index in [1.807, 2.05) is 18.0 Å². The van der Waals surface area contributed by atoms with Crippen LogP contribution < -0.4 is 14.5 Å². The minimum absolute atomic E-state index is 0.112. The number of pyridine rings is 1. The highest BCUT2D eigenvalue weighted by Gasteiger charge is 2.29. The van der Waals surface area contributed by atoms with Crippen LogP contribution in [0.25, 0.3) is 0 Å². The van der Waals surface area contributed by atoms with Gasteiger partial charge in [-0.05, 0) is 31.0 Å². The highest BCUT2D eigenvalue weighted by Crippen LogP contribution is 2.33. The molecular formula is C23H26ClFN6O2S2. The van der Waals surface area contributed by atoms with Crippen molar-refractivity contribution in [2.45, 2.75) is 30.3 Å². The molecule has 0 amide bonds. The van der Waals surface area contributed by atoms with Gasteiger partial charge in [0.05, 0.1) is 21.9 Å². The Hall–Kier alpha value is -2.47. The minimum Gasteiger partial charge on any atom is -0.369 e. The Kier molecular flexibility index (Phi) is 6.84. The first kappa shape index (κ1) is 24.2. The molecule has 3 aromatic rings. The van der Waals surface area contributed by atoms with Gasteiger partial charge in [-0.3, -0.25) is 9.62 Å². The van der Waals surface area contributed by atoms with Crippen LogP contribution in [0.15, 0.2) is 46.1 Å². The lowest BCUT2D eigenvalue weighted by Crippen LogP contribution is -2.38. The Morgan fingerprint density at radius 1 is 1.29 bits per heavy atom. The number of likely N-dealkylation sites (N-methyl/N-ethyl adjacent to an activating group) is 1. The van der Waals surface area contributed by atoms with Crippen LogP contribution in [0.2, 0.25) is 5.02 Å². The molecule has 0 aliphatic carbocycles. The monoisotopic (exact) mass is 536 g/mol. The van der Waals surface area contributed by atoms with Crippen LogP contribution in [0, 0.1) is 5.82 Å². The van der Waals surface area contributed by atoms with E-state index in [-0.39, 0.29) is 16.9 Å². The van der Waals surface area contributed by atoms with Crippen LogP contribution in [0.1, 0.15) is 18.5 Å². The second-order valence-corrected chi connectivity index (χ2v) is 11.6. The molecule has 35 heavy (non-hydrogen) atoms. The lowest BCUT2D eigenvalue weighted by Gasteiger charge is -2.32. The summed E-state index contributed by atoms with van der Waals surface area (Å²) >= 11 is 7.69. The lowest BCUT2D eigenvalue weighted by atomic mass is 10.2. The fourth-order valence-corrected chi connectivity index (χ4v) is 6.43. The second kappa shape index (κ2) is 9.88. The number of hydrogen-bond acceptors (Lipinski definition) is 8. The third-order valence-corrected chi connectivity index (χ3v) is 8.75. The topological polar surface area (TPSA) is 81.7 Å². The fraction of sp³-hybridized carbons (Fsp3) is 0.391. The van der Waals surface area contributed by atoms with Crippen molar-refractivity contribution in [1.29, 1.82) is 0 Å². The third kappa shape index (κ3) is 5.23. The summed E-state index contributed by atoms with van der Waals surface area (Å²) in [6, 6.07) is 8.62. The van der Waals surface area contributed by atoms with E-state index in [1.54, 1.807) is 0 Å². The first-order chi connectivity index (χ1) is 16.8. The maximum atomic E-state index is 15.0. The molecule has 0 saturated carbocycles. The summed E-state index contributed by atoms with van der Waals surface area (Å²) in [5.41, 5.74) is 2.98. The molecule has 1 N–H and O–H groups in total. The maximum Gasteiger partial charge on any atom is 0.266 e. The predicted molar refractivity (Wildman–Crippen MR) is 137 cm³/mol. The predicted octanol–water partition coefficient (Wildman–Crippen LogP) is 4.05. The van der Waals surface area contributed by atoms with E-state index >= 15 is 0 Å². The fourth-order valence-electron chi connectivity index (χ4n) is 4.42. The van der Waals surface area contributed by atoms with Gasteiger partial charge >= 0.3 is 0 Å². The Balaban J connectivity index is 1.26. The molecule has 1 aromatic carbocycles. The zero-order valence-corrected chi connectivity index (χ0v) is 21.6. The molecule has 1 unspecified atom stereocenters. The average molecular weight is 537 g/mol. The van der Waals surface area contributed by atoms with Crippen molar-refractivity contribution in [2.24, 2.45) is 0 Å². The first-order valence-corrected chi connectivity index (χ1v) is 14.2. The van der Waals surface area contributed by atoms with Gasteiger partial charge < -0.3 is 9.80 Å². The van der Waals surface area contributed by atoms with E-state index < -0.39 is 20.7 Å². The average Bonchev–Trinajstić information content (AvgIpc) is 3.45. The van der Waals surface area contributed by atoms with E-state index in [0.29, 0.717) is 5.69 Å². The van der Waals surface area contributed by atoms with Crippen LogP contribution in [0.5, 0.6) is 0 Å². The van der Waals surface area contributed by atoms with Crippen molar-refractivity contribution in [3.05, 3.63) is 57.8 Å². The van der Waals surface area contributed by atoms with Crippen molar-refractivity contribution < 1.29 is 12.8 Å². The first-order valence-electron chi connectivity index (χ1n) is 11.4. The number of nitrogens with one attached hydrogen (secondary N) is 1. The molecule has 2 aliphatic heterocycles. The van der Waals surface area contributed by atoms with Crippen LogP contribution >= 0.6 is 22.9 Å². The van der Waals surface area contributed by atoms with Crippen LogP contribution in [-0.4, -0.2) is 62.6 Å². The van der Waals surface area contributed by atoms with E-state index in [2.05, 4.69) is 31.6 Å². The third-order valence-electron chi connectivity index (χ3n) is 6.50. The van der Waals surface area contributed by atoms with Gasteiger partial charge in [0.25, 0.3) is 10.0 Å². The number of likely N-dealkylation sites (tertiary alicyclic amines) is 1. The summed E-state index contributed by atoms with van der Waals surface area (Å²) in [6.45, 7) is 4.52. The molecule has 0 bridgehead atoms. The zero-order valence-electron chi connectivity index (χ0n) is 19.2. The van der Waals surface area contributed by atoms with Gasteiger partial charge in [-0.15, -0.1) is 11.3 Å². The Morgan fingerprint density at radius 3 is 2.83 bits per heavy atom. The number of anilines is 3. The van der Waals surface area contributed by atoms with Gasteiger partial charge in [0, 0.05) is 57.3 Å². The number of rotatable bonds is 8. The molecular weight excluding hydrogens is 511 g/mol. The molecule has 12 heteroatoms. The number of nitrogens with zero attached hydrogens (tertiary/aromatic N) is 5. The number of halogens is 2. The van der Waals surface area contributed by atoms with Crippen molar-refractivity contribution in [1.82, 2.24) is 14.9 Å². The summed E-state index contributed by atoms with van der Waals surface area (Å²) in [5.74, 6) is 0.312. The van der Waals surface area contributed by atoms with Crippen LogP contribution in [0.4, 0.5) is 21.7 Å². The Bertz CT molecular complexity index is 1300. The number of hydrogen-bond donors (Lipinski definition) is 1. The summed E-state index contributed by atoms with van der Waals surface area (Å²) < 4.78 is 42.5. The second-order valence-electron chi connectivity index (χ2n) is 8.83. The molecule has 8 nitrogen and oxygen atoms in total. The molecule has 0 radical (unpaired) electrons. The normalized spacial score (nSPS) is 18.5. The Morgan fingerprint density at radius 2 is 2.11 bits per heavy atom. The minimum atomic E-state index is -4.15. The Labute approximate surface area is 213 Å². The van der Waals surface area contributed by atoms with Gasteiger partial charge in [0.15, 0.2) is 5.82 Å². The van der Waals surface area contributed by atoms with Gasteiger partial charge in [-0.25, -0.2) is 22.8 Å². The quantitative estimate of drug-likeness (QED) is 0.465. The van der Waals surface area contributed by atoms with Crippen molar-refractivity contribution in [3.8, 4) is 0 Å².